The summed E-state index contributed by atoms with van der Waals surface area (Å²) in [6.07, 6.45) is 1.38. The van der Waals surface area contributed by atoms with Crippen LogP contribution in [-0.4, -0.2) is 59.6 Å². The average molecular weight is 390 g/mol. The van der Waals surface area contributed by atoms with Crippen LogP contribution in [0.2, 0.25) is 0 Å². The van der Waals surface area contributed by atoms with E-state index in [1.165, 1.54) is 5.01 Å². The molecule has 154 valence electrons. The van der Waals surface area contributed by atoms with Crippen molar-refractivity contribution < 1.29 is 19.5 Å². The Morgan fingerprint density at radius 3 is 2.50 bits per heavy atom. The number of nitrogens with zero attached hydrogens (tertiary/aromatic N) is 1. The molecule has 0 aliphatic carbocycles. The summed E-state index contributed by atoms with van der Waals surface area (Å²) < 4.78 is 0. The van der Waals surface area contributed by atoms with E-state index in [4.69, 9.17) is 0 Å². The molecule has 1 fully saturated rings. The molecule has 1 saturated heterocycles. The van der Waals surface area contributed by atoms with Gasteiger partial charge in [-0.2, -0.15) is 0 Å². The number of hydrogen-bond donors (Lipinski definition) is 4. The number of likely N-dealkylation sites (N-methyl/N-ethyl adjacent to an activating group) is 1. The van der Waals surface area contributed by atoms with Gasteiger partial charge in [0.05, 0.1) is 6.04 Å². The van der Waals surface area contributed by atoms with Crippen LogP contribution in [0.1, 0.15) is 32.3 Å². The van der Waals surface area contributed by atoms with Crippen LogP contribution in [0.5, 0.6) is 0 Å². The van der Waals surface area contributed by atoms with Crippen LogP contribution in [0, 0.1) is 5.92 Å². The highest BCUT2D eigenvalue weighted by Gasteiger charge is 2.33. The maximum Gasteiger partial charge on any atom is 0.322 e. The van der Waals surface area contributed by atoms with Gasteiger partial charge in [0.1, 0.15) is 12.1 Å². The van der Waals surface area contributed by atoms with Crippen LogP contribution in [0.25, 0.3) is 0 Å². The molecule has 0 aromatic heterocycles. The number of benzene rings is 1. The van der Waals surface area contributed by atoms with E-state index in [2.05, 4.69) is 16.1 Å². The molecule has 0 spiro atoms. The summed E-state index contributed by atoms with van der Waals surface area (Å²) in [4.78, 5) is 37.1. The summed E-state index contributed by atoms with van der Waals surface area (Å²) in [5.74, 6) is -1.52. The van der Waals surface area contributed by atoms with Crippen molar-refractivity contribution in [3.63, 3.8) is 0 Å². The molecule has 2 amide bonds. The number of aliphatic carboxylic acids is 1. The van der Waals surface area contributed by atoms with Gasteiger partial charge in [-0.05, 0) is 31.4 Å². The highest BCUT2D eigenvalue weighted by atomic mass is 16.4. The van der Waals surface area contributed by atoms with Gasteiger partial charge in [0.2, 0.25) is 5.91 Å². The first-order valence-electron chi connectivity index (χ1n) is 9.65. The van der Waals surface area contributed by atoms with Gasteiger partial charge in [0, 0.05) is 13.0 Å². The van der Waals surface area contributed by atoms with E-state index in [1.807, 2.05) is 44.2 Å². The number of carboxylic acids is 1. The predicted molar refractivity (Wildman–Crippen MR) is 105 cm³/mol. The second-order valence-corrected chi connectivity index (χ2v) is 7.41. The summed E-state index contributed by atoms with van der Waals surface area (Å²) in [7, 11) is 1.71. The van der Waals surface area contributed by atoms with E-state index in [9.17, 15) is 19.5 Å². The van der Waals surface area contributed by atoms with Crippen LogP contribution >= 0.6 is 0 Å². The molecule has 3 unspecified atom stereocenters. The van der Waals surface area contributed by atoms with Gasteiger partial charge in [-0.15, -0.1) is 0 Å². The Kier molecular flexibility index (Phi) is 7.95. The first-order valence-corrected chi connectivity index (χ1v) is 9.65. The summed E-state index contributed by atoms with van der Waals surface area (Å²) in [6, 6.07) is 7.43. The zero-order valence-corrected chi connectivity index (χ0v) is 16.6. The minimum Gasteiger partial charge on any atom is -0.480 e. The molecule has 0 saturated carbocycles. The third-order valence-electron chi connectivity index (χ3n) is 4.91. The minimum atomic E-state index is -0.990. The van der Waals surface area contributed by atoms with Crippen molar-refractivity contribution in [2.45, 2.75) is 51.2 Å². The van der Waals surface area contributed by atoms with E-state index >= 15 is 0 Å². The van der Waals surface area contributed by atoms with Gasteiger partial charge in [0.25, 0.3) is 5.91 Å². The zero-order chi connectivity index (χ0) is 20.7. The Morgan fingerprint density at radius 2 is 1.93 bits per heavy atom. The van der Waals surface area contributed by atoms with E-state index in [0.29, 0.717) is 25.8 Å². The Bertz CT molecular complexity index is 680. The third kappa shape index (κ3) is 5.77. The fourth-order valence-corrected chi connectivity index (χ4v) is 3.39. The molecular weight excluding hydrogens is 360 g/mol. The predicted octanol–water partition coefficient (Wildman–Crippen LogP) is 0.538. The maximum atomic E-state index is 13.1. The molecule has 28 heavy (non-hydrogen) atoms. The average Bonchev–Trinajstić information content (AvgIpc) is 2.68. The van der Waals surface area contributed by atoms with Crippen molar-refractivity contribution in [1.29, 1.82) is 0 Å². The Balaban J connectivity index is 2.18. The van der Waals surface area contributed by atoms with Gasteiger partial charge in [-0.3, -0.25) is 19.4 Å². The lowest BCUT2D eigenvalue weighted by Gasteiger charge is -2.35. The Labute approximate surface area is 165 Å². The largest absolute Gasteiger partial charge is 0.480 e. The number of carbonyl (C=O) groups excluding carboxylic acids is 2. The first-order chi connectivity index (χ1) is 13.3. The molecule has 8 heteroatoms. The highest BCUT2D eigenvalue weighted by molar-refractivity contribution is 5.90. The van der Waals surface area contributed by atoms with E-state index in [0.717, 1.165) is 5.56 Å². The fourth-order valence-electron chi connectivity index (χ4n) is 3.39. The normalized spacial score (nSPS) is 19.1. The van der Waals surface area contributed by atoms with E-state index in [-0.39, 0.29) is 17.7 Å². The molecule has 0 radical (unpaired) electrons. The number of hydrogen-bond acceptors (Lipinski definition) is 5. The number of hydrazine groups is 1. The molecule has 4 N–H and O–H groups in total. The smallest absolute Gasteiger partial charge is 0.322 e. The monoisotopic (exact) mass is 390 g/mol. The van der Waals surface area contributed by atoms with Crippen molar-refractivity contribution in [1.82, 2.24) is 21.1 Å². The lowest BCUT2D eigenvalue weighted by Crippen LogP contribution is -2.61. The van der Waals surface area contributed by atoms with Crippen LogP contribution in [0.4, 0.5) is 0 Å². The molecule has 1 aliphatic heterocycles. The van der Waals surface area contributed by atoms with Gasteiger partial charge in [-0.25, -0.2) is 5.43 Å². The lowest BCUT2D eigenvalue weighted by molar-refractivity contribution is -0.148. The second kappa shape index (κ2) is 10.2. The van der Waals surface area contributed by atoms with Crippen LogP contribution in [0.3, 0.4) is 0 Å². The number of amides is 2. The van der Waals surface area contributed by atoms with Crippen LogP contribution in [0.15, 0.2) is 30.3 Å². The summed E-state index contributed by atoms with van der Waals surface area (Å²) in [6.45, 7) is 4.26. The standard InChI is InChI=1S/C20H30N4O4/c1-13(2)17(21-3)18(25)22-16(12-14-8-5-4-6-9-14)19(26)24-11-7-10-15(23-24)20(27)28/h4-6,8-9,13,15-17,21,23H,7,10-12H2,1-3H3,(H,22,25)(H,27,28). The molecule has 2 rings (SSSR count). The molecule has 0 bridgehead atoms. The summed E-state index contributed by atoms with van der Waals surface area (Å²) >= 11 is 0. The second-order valence-electron chi connectivity index (χ2n) is 7.41. The highest BCUT2D eigenvalue weighted by Crippen LogP contribution is 2.12. The molecule has 1 aliphatic rings. The quantitative estimate of drug-likeness (QED) is 0.516. The molecule has 1 aromatic carbocycles. The van der Waals surface area contributed by atoms with Gasteiger partial charge in [-0.1, -0.05) is 44.2 Å². The zero-order valence-electron chi connectivity index (χ0n) is 16.6. The maximum absolute atomic E-state index is 13.1. The van der Waals surface area contributed by atoms with Gasteiger partial charge >= 0.3 is 5.97 Å². The lowest BCUT2D eigenvalue weighted by atomic mass is 10.0. The van der Waals surface area contributed by atoms with Gasteiger partial charge < -0.3 is 15.7 Å². The van der Waals surface area contributed by atoms with E-state index in [1.54, 1.807) is 7.05 Å². The third-order valence-corrected chi connectivity index (χ3v) is 4.91. The SMILES string of the molecule is CNC(C(=O)NC(Cc1ccccc1)C(=O)N1CCCC(C(=O)O)N1)C(C)C. The fraction of sp³-hybridized carbons (Fsp3) is 0.550. The molecule has 1 heterocycles. The Morgan fingerprint density at radius 1 is 1.25 bits per heavy atom. The Hall–Kier alpha value is -2.45. The molecule has 8 nitrogen and oxygen atoms in total. The molecule has 1 aromatic rings. The first kappa shape index (κ1) is 21.8. The number of carboxylic acid groups (broad SMARTS) is 1. The van der Waals surface area contributed by atoms with Crippen molar-refractivity contribution in [2.75, 3.05) is 13.6 Å². The number of rotatable bonds is 8. The van der Waals surface area contributed by atoms with Crippen molar-refractivity contribution >= 4 is 17.8 Å². The molecule has 3 atom stereocenters. The minimum absolute atomic E-state index is 0.0574. The van der Waals surface area contributed by atoms with Crippen LogP contribution < -0.4 is 16.1 Å². The number of carbonyl (C=O) groups is 3. The van der Waals surface area contributed by atoms with Crippen molar-refractivity contribution in [2.24, 2.45) is 5.92 Å². The topological polar surface area (TPSA) is 111 Å². The van der Waals surface area contributed by atoms with Crippen molar-refractivity contribution in [3.05, 3.63) is 35.9 Å². The number of nitrogens with one attached hydrogen (secondary N) is 3. The molecular formula is C20H30N4O4. The van der Waals surface area contributed by atoms with Crippen molar-refractivity contribution in [3.8, 4) is 0 Å². The van der Waals surface area contributed by atoms with Crippen LogP contribution in [-0.2, 0) is 20.8 Å². The van der Waals surface area contributed by atoms with Gasteiger partial charge in [0.15, 0.2) is 0 Å². The van der Waals surface area contributed by atoms with E-state index < -0.39 is 24.1 Å². The summed E-state index contributed by atoms with van der Waals surface area (Å²) in [5, 5.41) is 16.4. The summed E-state index contributed by atoms with van der Waals surface area (Å²) in [5.41, 5.74) is 3.69.